The van der Waals surface area contributed by atoms with Crippen LogP contribution in [0, 0.1) is 0 Å². The summed E-state index contributed by atoms with van der Waals surface area (Å²) in [6.07, 6.45) is 1.20. The number of halogens is 3. The van der Waals surface area contributed by atoms with Crippen molar-refractivity contribution in [1.82, 2.24) is 34.5 Å². The molecule has 2 aromatic carbocycles. The maximum atomic E-state index is 12.9. The molecule has 1 N–H and O–H groups in total. The fourth-order valence-corrected chi connectivity index (χ4v) is 4.53. The van der Waals surface area contributed by atoms with E-state index in [9.17, 15) is 13.2 Å². The van der Waals surface area contributed by atoms with Gasteiger partial charge in [0.15, 0.2) is 11.5 Å². The molecule has 9 nitrogen and oxygen atoms in total. The Bertz CT molecular complexity index is 1540. The van der Waals surface area contributed by atoms with Gasteiger partial charge < -0.3 is 14.8 Å². The molecule has 5 aromatic rings. The van der Waals surface area contributed by atoms with Gasteiger partial charge in [0.2, 0.25) is 5.95 Å². The fourth-order valence-electron chi connectivity index (χ4n) is 4.53. The summed E-state index contributed by atoms with van der Waals surface area (Å²) in [6.45, 7) is 2.75. The number of hydrogen-bond acceptors (Lipinski definition) is 7. The number of alkyl halides is 3. The Labute approximate surface area is 216 Å². The summed E-state index contributed by atoms with van der Waals surface area (Å²) in [7, 11) is 0. The lowest BCUT2D eigenvalue weighted by Gasteiger charge is -2.17. The van der Waals surface area contributed by atoms with Crippen molar-refractivity contribution in [3.8, 4) is 5.69 Å². The van der Waals surface area contributed by atoms with Crippen LogP contribution in [0.1, 0.15) is 29.7 Å². The van der Waals surface area contributed by atoms with Crippen LogP contribution in [0.4, 0.5) is 24.9 Å². The van der Waals surface area contributed by atoms with E-state index in [1.807, 2.05) is 34.9 Å². The van der Waals surface area contributed by atoms with Crippen LogP contribution in [0.15, 0.2) is 67.1 Å². The molecule has 4 heterocycles. The Morgan fingerprint density at radius 1 is 0.921 bits per heavy atom. The average Bonchev–Trinajstić information content (AvgIpc) is 3.70. The minimum absolute atomic E-state index is 0.337. The second-order valence-electron chi connectivity index (χ2n) is 9.15. The molecule has 0 radical (unpaired) electrons. The van der Waals surface area contributed by atoms with Gasteiger partial charge in [-0.1, -0.05) is 35.5 Å². The highest BCUT2D eigenvalue weighted by molar-refractivity contribution is 5.84. The van der Waals surface area contributed by atoms with Crippen LogP contribution in [0.25, 0.3) is 16.9 Å². The molecule has 0 spiro atoms. The number of fused-ring (bicyclic) bond motifs is 1. The van der Waals surface area contributed by atoms with E-state index in [0.717, 1.165) is 49.1 Å². The maximum absolute atomic E-state index is 12.9. The third kappa shape index (κ3) is 4.89. The van der Waals surface area contributed by atoms with Gasteiger partial charge in [0.05, 0.1) is 30.3 Å². The number of anilines is 2. The van der Waals surface area contributed by atoms with Gasteiger partial charge in [-0.05, 0) is 42.7 Å². The van der Waals surface area contributed by atoms with E-state index < -0.39 is 11.7 Å². The van der Waals surface area contributed by atoms with E-state index in [1.165, 1.54) is 16.8 Å². The van der Waals surface area contributed by atoms with Crippen LogP contribution in [-0.2, 0) is 19.3 Å². The Morgan fingerprint density at radius 2 is 1.68 bits per heavy atom. The number of hydrogen-bond donors (Lipinski definition) is 1. The second kappa shape index (κ2) is 9.77. The van der Waals surface area contributed by atoms with Crippen molar-refractivity contribution < 1.29 is 13.2 Å². The first-order valence-corrected chi connectivity index (χ1v) is 12.3. The molecule has 0 atom stereocenters. The molecule has 6 rings (SSSR count). The fraction of sp³-hybridized carbons (Fsp3) is 0.269. The molecule has 0 aliphatic carbocycles. The molecule has 3 aromatic heterocycles. The van der Waals surface area contributed by atoms with Gasteiger partial charge in [-0.15, -0.1) is 5.10 Å². The van der Waals surface area contributed by atoms with Crippen molar-refractivity contribution >= 4 is 22.9 Å². The molecule has 1 saturated heterocycles. The van der Waals surface area contributed by atoms with E-state index in [4.69, 9.17) is 9.97 Å². The van der Waals surface area contributed by atoms with Crippen molar-refractivity contribution in [2.24, 2.45) is 0 Å². The van der Waals surface area contributed by atoms with E-state index >= 15 is 0 Å². The maximum Gasteiger partial charge on any atom is 0.416 e. The van der Waals surface area contributed by atoms with Crippen LogP contribution in [0.3, 0.4) is 0 Å². The monoisotopic (exact) mass is 519 g/mol. The third-order valence-electron chi connectivity index (χ3n) is 6.48. The number of benzene rings is 2. The zero-order valence-electron chi connectivity index (χ0n) is 20.3. The Kier molecular flexibility index (Phi) is 6.14. The zero-order valence-corrected chi connectivity index (χ0v) is 20.3. The summed E-state index contributed by atoms with van der Waals surface area (Å²) in [5.74, 6) is 1.33. The van der Waals surface area contributed by atoms with Gasteiger partial charge in [0, 0.05) is 19.6 Å². The van der Waals surface area contributed by atoms with Gasteiger partial charge in [-0.3, -0.25) is 0 Å². The lowest BCUT2D eigenvalue weighted by molar-refractivity contribution is -0.137. The average molecular weight is 520 g/mol. The van der Waals surface area contributed by atoms with Crippen LogP contribution in [0.5, 0.6) is 0 Å². The Hall–Kier alpha value is -4.48. The molecule has 38 heavy (non-hydrogen) atoms. The minimum atomic E-state index is -4.39. The minimum Gasteiger partial charge on any atom is -0.364 e. The predicted molar refractivity (Wildman–Crippen MR) is 136 cm³/mol. The smallest absolute Gasteiger partial charge is 0.364 e. The highest BCUT2D eigenvalue weighted by Crippen LogP contribution is 2.30. The normalized spacial score (nSPS) is 13.9. The number of nitrogens with zero attached hydrogens (tertiary/aromatic N) is 8. The van der Waals surface area contributed by atoms with Crippen molar-refractivity contribution in [3.05, 3.63) is 83.9 Å². The molecular formula is C26H24F3N9. The van der Waals surface area contributed by atoms with Crippen molar-refractivity contribution in [2.75, 3.05) is 23.3 Å². The van der Waals surface area contributed by atoms with E-state index in [1.54, 1.807) is 12.5 Å². The van der Waals surface area contributed by atoms with Crippen LogP contribution in [0.2, 0.25) is 0 Å². The summed E-state index contributed by atoms with van der Waals surface area (Å²) in [5.41, 5.74) is 2.82. The topological polar surface area (TPSA) is 89.6 Å². The Morgan fingerprint density at radius 3 is 2.42 bits per heavy atom. The largest absolute Gasteiger partial charge is 0.416 e. The lowest BCUT2D eigenvalue weighted by Crippen LogP contribution is -2.21. The van der Waals surface area contributed by atoms with Crippen molar-refractivity contribution in [2.45, 2.75) is 32.1 Å². The van der Waals surface area contributed by atoms with Crippen LogP contribution in [-0.4, -0.2) is 47.6 Å². The Balaban J connectivity index is 1.29. The summed E-state index contributed by atoms with van der Waals surface area (Å²) >= 11 is 0. The van der Waals surface area contributed by atoms with Crippen molar-refractivity contribution in [1.29, 1.82) is 0 Å². The van der Waals surface area contributed by atoms with E-state index in [2.05, 4.69) is 25.5 Å². The van der Waals surface area contributed by atoms with Gasteiger partial charge in [-0.25, -0.2) is 9.67 Å². The first-order chi connectivity index (χ1) is 18.4. The molecule has 0 amide bonds. The summed E-state index contributed by atoms with van der Waals surface area (Å²) < 4.78 is 42.1. The quantitative estimate of drug-likeness (QED) is 0.334. The summed E-state index contributed by atoms with van der Waals surface area (Å²) in [5, 5.41) is 11.8. The number of nitrogens with one attached hydrogen (secondary N) is 1. The first-order valence-electron chi connectivity index (χ1n) is 12.3. The number of aromatic nitrogens is 7. The molecule has 1 aliphatic rings. The van der Waals surface area contributed by atoms with E-state index in [-0.39, 0.29) is 0 Å². The SMILES string of the molecule is FC(F)(F)c1ccc(-n2cc(Cn3cnc4nc(N5CCCC5)nc(NCc5ccccc5)c43)nn2)cc1. The van der Waals surface area contributed by atoms with Gasteiger partial charge in [-0.2, -0.15) is 23.1 Å². The van der Waals surface area contributed by atoms with Gasteiger partial charge in [0.1, 0.15) is 11.2 Å². The molecule has 12 heteroatoms. The summed E-state index contributed by atoms with van der Waals surface area (Å²) in [4.78, 5) is 16.3. The number of imidazole rings is 1. The van der Waals surface area contributed by atoms with Crippen molar-refractivity contribution in [3.63, 3.8) is 0 Å². The molecule has 0 unspecified atom stereocenters. The molecule has 0 saturated carbocycles. The molecule has 1 aliphatic heterocycles. The van der Waals surface area contributed by atoms with Gasteiger partial charge in [0.25, 0.3) is 0 Å². The van der Waals surface area contributed by atoms with Gasteiger partial charge >= 0.3 is 6.18 Å². The highest BCUT2D eigenvalue weighted by Gasteiger charge is 2.30. The van der Waals surface area contributed by atoms with Crippen LogP contribution >= 0.6 is 0 Å². The third-order valence-corrected chi connectivity index (χ3v) is 6.48. The standard InChI is InChI=1S/C26H24F3N9/c27-26(28,29)19-8-10-21(11-9-19)38-16-20(34-35-38)15-37-17-31-24-22(37)23(30-14-18-6-2-1-3-7-18)32-25(33-24)36-12-4-5-13-36/h1-3,6-11,16-17H,4-5,12-15H2,(H,30,32,33). The molecular weight excluding hydrogens is 495 g/mol. The lowest BCUT2D eigenvalue weighted by atomic mass is 10.2. The first kappa shape index (κ1) is 23.9. The second-order valence-corrected chi connectivity index (χ2v) is 9.15. The highest BCUT2D eigenvalue weighted by atomic mass is 19.4. The van der Waals surface area contributed by atoms with E-state index in [0.29, 0.717) is 41.9 Å². The molecule has 194 valence electrons. The zero-order chi connectivity index (χ0) is 26.1. The summed E-state index contributed by atoms with van der Waals surface area (Å²) in [6, 6.07) is 14.8. The number of rotatable bonds is 7. The van der Waals surface area contributed by atoms with Crippen LogP contribution < -0.4 is 10.2 Å². The molecule has 0 bridgehead atoms. The molecule has 1 fully saturated rings. The predicted octanol–water partition coefficient (Wildman–Crippen LogP) is 4.69.